The molecule has 0 radical (unpaired) electrons. The second kappa shape index (κ2) is 5.10. The first-order valence-electron chi connectivity index (χ1n) is 6.48. The van der Waals surface area contributed by atoms with Gasteiger partial charge in [-0.3, -0.25) is 10.1 Å². The van der Waals surface area contributed by atoms with Crippen LogP contribution in [0.3, 0.4) is 0 Å². The fraction of sp³-hybridized carbons (Fsp3) is 0.692. The molecule has 1 saturated heterocycles. The van der Waals surface area contributed by atoms with Gasteiger partial charge in [0.2, 0.25) is 11.8 Å². The van der Waals surface area contributed by atoms with Crippen LogP contribution in [-0.2, 0) is 10.2 Å². The molecule has 1 aliphatic heterocycles. The predicted molar refractivity (Wildman–Crippen MR) is 69.5 cm³/mol. The first kappa shape index (κ1) is 13.1. The maximum Gasteiger partial charge on any atom is 0.243 e. The highest BCUT2D eigenvalue weighted by Gasteiger charge is 2.23. The molecule has 0 saturated carbocycles. The van der Waals surface area contributed by atoms with E-state index in [0.29, 0.717) is 5.88 Å². The smallest absolute Gasteiger partial charge is 0.243 e. The summed E-state index contributed by atoms with van der Waals surface area (Å²) in [6.07, 6.45) is 3.11. The highest BCUT2D eigenvalue weighted by molar-refractivity contribution is 5.93. The lowest BCUT2D eigenvalue weighted by molar-refractivity contribution is -0.118. The minimum absolute atomic E-state index is 0.0358. The van der Waals surface area contributed by atoms with Crippen molar-refractivity contribution in [3.8, 4) is 0 Å². The Kier molecular flexibility index (Phi) is 3.71. The summed E-state index contributed by atoms with van der Waals surface area (Å²) < 4.78 is 5.14. The van der Waals surface area contributed by atoms with Crippen LogP contribution in [0, 0.1) is 0 Å². The molecule has 2 heterocycles. The van der Waals surface area contributed by atoms with Gasteiger partial charge in [0.15, 0.2) is 0 Å². The van der Waals surface area contributed by atoms with Gasteiger partial charge in [0, 0.05) is 11.5 Å². The van der Waals surface area contributed by atoms with Crippen molar-refractivity contribution in [3.05, 3.63) is 11.8 Å². The van der Waals surface area contributed by atoms with Gasteiger partial charge in [0.05, 0.1) is 11.7 Å². The summed E-state index contributed by atoms with van der Waals surface area (Å²) in [5.74, 6) is 0.392. The zero-order chi connectivity index (χ0) is 13.2. The fourth-order valence-corrected chi connectivity index (χ4v) is 1.97. The third-order valence-electron chi connectivity index (χ3n) is 3.15. The van der Waals surface area contributed by atoms with Crippen molar-refractivity contribution in [1.29, 1.82) is 0 Å². The van der Waals surface area contributed by atoms with Gasteiger partial charge in [-0.2, -0.15) is 0 Å². The van der Waals surface area contributed by atoms with Gasteiger partial charge in [0.25, 0.3) is 0 Å². The van der Waals surface area contributed by atoms with Gasteiger partial charge in [-0.05, 0) is 19.4 Å². The van der Waals surface area contributed by atoms with E-state index in [-0.39, 0.29) is 17.4 Å². The number of carbonyl (C=O) groups excluding carboxylic acids is 1. The molecule has 1 fully saturated rings. The van der Waals surface area contributed by atoms with Crippen LogP contribution < -0.4 is 10.6 Å². The van der Waals surface area contributed by atoms with E-state index in [1.165, 1.54) is 0 Å². The molecule has 5 heteroatoms. The second-order valence-electron chi connectivity index (χ2n) is 5.82. The van der Waals surface area contributed by atoms with Gasteiger partial charge in [-0.25, -0.2) is 0 Å². The Bertz CT molecular complexity index is 414. The van der Waals surface area contributed by atoms with E-state index >= 15 is 0 Å². The van der Waals surface area contributed by atoms with Crippen LogP contribution in [0.5, 0.6) is 0 Å². The molecule has 2 rings (SSSR count). The second-order valence-corrected chi connectivity index (χ2v) is 5.82. The molecule has 0 aromatic carbocycles. The van der Waals surface area contributed by atoms with Crippen molar-refractivity contribution in [1.82, 2.24) is 10.5 Å². The largest absolute Gasteiger partial charge is 0.338 e. The van der Waals surface area contributed by atoms with Crippen LogP contribution in [0.4, 0.5) is 5.88 Å². The van der Waals surface area contributed by atoms with Gasteiger partial charge in [-0.1, -0.05) is 32.3 Å². The van der Waals surface area contributed by atoms with Crippen LogP contribution in [0.15, 0.2) is 10.6 Å². The number of rotatable bonds is 2. The molecule has 1 unspecified atom stereocenters. The van der Waals surface area contributed by atoms with Crippen LogP contribution in [-0.4, -0.2) is 23.7 Å². The summed E-state index contributed by atoms with van der Waals surface area (Å²) in [7, 11) is 0. The van der Waals surface area contributed by atoms with Crippen LogP contribution in [0.2, 0.25) is 0 Å². The summed E-state index contributed by atoms with van der Waals surface area (Å²) >= 11 is 0. The highest BCUT2D eigenvalue weighted by atomic mass is 16.5. The zero-order valence-corrected chi connectivity index (χ0v) is 11.2. The van der Waals surface area contributed by atoms with Gasteiger partial charge in [0.1, 0.15) is 0 Å². The van der Waals surface area contributed by atoms with Crippen molar-refractivity contribution < 1.29 is 9.32 Å². The molecule has 5 nitrogen and oxygen atoms in total. The average Bonchev–Trinajstić information content (AvgIpc) is 2.78. The fourth-order valence-electron chi connectivity index (χ4n) is 1.97. The summed E-state index contributed by atoms with van der Waals surface area (Å²) in [5, 5.41) is 9.95. The van der Waals surface area contributed by atoms with E-state index in [0.717, 1.165) is 31.5 Å². The lowest BCUT2D eigenvalue weighted by atomic mass is 9.92. The Morgan fingerprint density at radius 1 is 1.50 bits per heavy atom. The first-order valence-corrected chi connectivity index (χ1v) is 6.48. The molecule has 2 N–H and O–H groups in total. The Balaban J connectivity index is 1.96. The third-order valence-corrected chi connectivity index (χ3v) is 3.15. The summed E-state index contributed by atoms with van der Waals surface area (Å²) in [5.41, 5.74) is 0.768. The number of nitrogens with zero attached hydrogens (tertiary/aromatic N) is 1. The minimum atomic E-state index is -0.109. The third kappa shape index (κ3) is 3.10. The van der Waals surface area contributed by atoms with Gasteiger partial charge < -0.3 is 9.84 Å². The van der Waals surface area contributed by atoms with E-state index in [1.807, 2.05) is 0 Å². The topological polar surface area (TPSA) is 67.2 Å². The van der Waals surface area contributed by atoms with Crippen molar-refractivity contribution in [2.75, 3.05) is 11.9 Å². The molecule has 0 spiro atoms. The molecule has 1 aromatic rings. The number of piperidine rings is 1. The van der Waals surface area contributed by atoms with Crippen molar-refractivity contribution in [2.24, 2.45) is 0 Å². The lowest BCUT2D eigenvalue weighted by Gasteiger charge is -2.21. The average molecular weight is 251 g/mol. The van der Waals surface area contributed by atoms with Crippen LogP contribution >= 0.6 is 0 Å². The number of aromatic nitrogens is 1. The van der Waals surface area contributed by atoms with Crippen LogP contribution in [0.25, 0.3) is 0 Å². The number of nitrogens with one attached hydrogen (secondary N) is 2. The van der Waals surface area contributed by atoms with E-state index < -0.39 is 0 Å². The van der Waals surface area contributed by atoms with E-state index in [2.05, 4.69) is 36.6 Å². The van der Waals surface area contributed by atoms with E-state index in [9.17, 15) is 4.79 Å². The number of amides is 1. The molecule has 1 amide bonds. The SMILES string of the molecule is CC(C)(C)c1cc(NC(=O)C2CCCCN2)on1. The Labute approximate surface area is 107 Å². The van der Waals surface area contributed by atoms with Crippen molar-refractivity contribution >= 4 is 11.8 Å². The standard InChI is InChI=1S/C13H21N3O2/c1-13(2,3)10-8-11(18-16-10)15-12(17)9-6-4-5-7-14-9/h8-9,14H,4-7H2,1-3H3,(H,15,17). The monoisotopic (exact) mass is 251 g/mol. The molecular weight excluding hydrogens is 230 g/mol. The molecule has 0 bridgehead atoms. The molecule has 0 aliphatic carbocycles. The predicted octanol–water partition coefficient (Wildman–Crippen LogP) is 2.05. The Hall–Kier alpha value is -1.36. The lowest BCUT2D eigenvalue weighted by Crippen LogP contribution is -2.43. The van der Waals surface area contributed by atoms with Crippen molar-refractivity contribution in [2.45, 2.75) is 51.5 Å². The zero-order valence-electron chi connectivity index (χ0n) is 11.2. The molecular formula is C13H21N3O2. The Morgan fingerprint density at radius 2 is 2.28 bits per heavy atom. The molecule has 100 valence electrons. The normalized spacial score (nSPS) is 20.7. The maximum absolute atomic E-state index is 12.0. The van der Waals surface area contributed by atoms with Crippen molar-refractivity contribution in [3.63, 3.8) is 0 Å². The molecule has 1 aromatic heterocycles. The Morgan fingerprint density at radius 3 is 2.83 bits per heavy atom. The number of hydrogen-bond acceptors (Lipinski definition) is 4. The summed E-state index contributed by atoms with van der Waals surface area (Å²) in [4.78, 5) is 12.0. The minimum Gasteiger partial charge on any atom is -0.338 e. The van der Waals surface area contributed by atoms with Crippen LogP contribution in [0.1, 0.15) is 45.7 Å². The highest BCUT2D eigenvalue weighted by Crippen LogP contribution is 2.23. The van der Waals surface area contributed by atoms with E-state index in [4.69, 9.17) is 4.52 Å². The molecule has 18 heavy (non-hydrogen) atoms. The van der Waals surface area contributed by atoms with Gasteiger partial charge >= 0.3 is 0 Å². The maximum atomic E-state index is 12.0. The molecule has 1 atom stereocenters. The summed E-state index contributed by atoms with van der Waals surface area (Å²) in [6.45, 7) is 7.07. The van der Waals surface area contributed by atoms with E-state index in [1.54, 1.807) is 6.07 Å². The number of anilines is 1. The number of hydrogen-bond donors (Lipinski definition) is 2. The van der Waals surface area contributed by atoms with Gasteiger partial charge in [-0.15, -0.1) is 0 Å². The summed E-state index contributed by atoms with van der Waals surface area (Å²) in [6, 6.07) is 1.68. The number of carbonyl (C=O) groups is 1. The molecule has 1 aliphatic rings. The first-order chi connectivity index (χ1) is 8.47. The quantitative estimate of drug-likeness (QED) is 0.844.